The van der Waals surface area contributed by atoms with Crippen molar-refractivity contribution in [3.63, 3.8) is 0 Å². The standard InChI is InChI=1S/C19H24N4O2/c1-25-18-7-3-2-6-17(18)23-11-9-22(10-12-23)15-19(24)21-14-16-5-4-8-20-13-16/h2-8,13H,9-12,14-15H2,1H3,(H,21,24). The molecule has 2 heterocycles. The molecule has 6 heteroatoms. The molecule has 1 fully saturated rings. The van der Waals surface area contributed by atoms with Crippen molar-refractivity contribution in [2.24, 2.45) is 0 Å². The quantitative estimate of drug-likeness (QED) is 0.864. The molecule has 1 aromatic carbocycles. The number of carbonyl (C=O) groups is 1. The van der Waals surface area contributed by atoms with Gasteiger partial charge in [-0.2, -0.15) is 0 Å². The maximum absolute atomic E-state index is 12.1. The number of methoxy groups -OCH3 is 1. The summed E-state index contributed by atoms with van der Waals surface area (Å²) < 4.78 is 5.44. The van der Waals surface area contributed by atoms with E-state index in [-0.39, 0.29) is 5.91 Å². The van der Waals surface area contributed by atoms with E-state index >= 15 is 0 Å². The van der Waals surface area contributed by atoms with Gasteiger partial charge in [-0.3, -0.25) is 14.7 Å². The van der Waals surface area contributed by atoms with E-state index in [1.54, 1.807) is 19.5 Å². The minimum absolute atomic E-state index is 0.0506. The van der Waals surface area contributed by atoms with Gasteiger partial charge in [0.15, 0.2) is 0 Å². The molecule has 0 bridgehead atoms. The molecule has 1 aliphatic heterocycles. The van der Waals surface area contributed by atoms with Crippen molar-refractivity contribution in [3.05, 3.63) is 54.4 Å². The van der Waals surface area contributed by atoms with Gasteiger partial charge in [0, 0.05) is 45.1 Å². The number of nitrogens with one attached hydrogen (secondary N) is 1. The summed E-state index contributed by atoms with van der Waals surface area (Å²) in [5, 5.41) is 2.95. The Bertz CT molecular complexity index is 685. The van der Waals surface area contributed by atoms with Crippen LogP contribution in [-0.2, 0) is 11.3 Å². The van der Waals surface area contributed by atoms with Gasteiger partial charge in [-0.15, -0.1) is 0 Å². The summed E-state index contributed by atoms with van der Waals surface area (Å²) in [4.78, 5) is 20.7. The normalized spacial score (nSPS) is 15.0. The summed E-state index contributed by atoms with van der Waals surface area (Å²) in [6.45, 7) is 4.44. The molecule has 1 N–H and O–H groups in total. The van der Waals surface area contributed by atoms with Crippen molar-refractivity contribution in [1.82, 2.24) is 15.2 Å². The van der Waals surface area contributed by atoms with Crippen LogP contribution in [0.1, 0.15) is 5.56 Å². The zero-order valence-corrected chi connectivity index (χ0v) is 14.5. The Kier molecular flexibility index (Phi) is 5.85. The lowest BCUT2D eigenvalue weighted by molar-refractivity contribution is -0.122. The highest BCUT2D eigenvalue weighted by atomic mass is 16.5. The fourth-order valence-electron chi connectivity index (χ4n) is 3.00. The number of ether oxygens (including phenoxy) is 1. The first-order valence-corrected chi connectivity index (χ1v) is 8.52. The smallest absolute Gasteiger partial charge is 0.234 e. The molecule has 1 saturated heterocycles. The number of pyridine rings is 1. The number of hydrogen-bond acceptors (Lipinski definition) is 5. The van der Waals surface area contributed by atoms with Gasteiger partial charge in [0.25, 0.3) is 0 Å². The number of carbonyl (C=O) groups excluding carboxylic acids is 1. The zero-order chi connectivity index (χ0) is 17.5. The summed E-state index contributed by atoms with van der Waals surface area (Å²) in [7, 11) is 1.70. The Balaban J connectivity index is 1.45. The number of para-hydroxylation sites is 2. The largest absolute Gasteiger partial charge is 0.495 e. The maximum atomic E-state index is 12.1. The monoisotopic (exact) mass is 340 g/mol. The Morgan fingerprint density at radius 3 is 2.68 bits per heavy atom. The molecule has 0 radical (unpaired) electrons. The van der Waals surface area contributed by atoms with Crippen LogP contribution in [0, 0.1) is 0 Å². The summed E-state index contributed by atoms with van der Waals surface area (Å²) in [6.07, 6.45) is 3.50. The van der Waals surface area contributed by atoms with Crippen molar-refractivity contribution < 1.29 is 9.53 Å². The van der Waals surface area contributed by atoms with E-state index in [1.807, 2.05) is 30.3 Å². The number of hydrogen-bond donors (Lipinski definition) is 1. The molecule has 2 aromatic rings. The number of benzene rings is 1. The van der Waals surface area contributed by atoms with Crippen LogP contribution in [0.3, 0.4) is 0 Å². The number of piperazine rings is 1. The van der Waals surface area contributed by atoms with E-state index in [1.165, 1.54) is 0 Å². The third-order valence-electron chi connectivity index (χ3n) is 4.38. The second-order valence-corrected chi connectivity index (χ2v) is 6.07. The molecule has 1 aliphatic rings. The molecule has 0 aliphatic carbocycles. The first-order valence-electron chi connectivity index (χ1n) is 8.52. The predicted molar refractivity (Wildman–Crippen MR) is 97.7 cm³/mol. The minimum atomic E-state index is 0.0506. The Morgan fingerprint density at radius 2 is 1.96 bits per heavy atom. The summed E-state index contributed by atoms with van der Waals surface area (Å²) in [6, 6.07) is 11.9. The van der Waals surface area contributed by atoms with Gasteiger partial charge in [-0.05, 0) is 23.8 Å². The molecule has 1 aromatic heterocycles. The molecule has 132 valence electrons. The average molecular weight is 340 g/mol. The fourth-order valence-corrected chi connectivity index (χ4v) is 3.00. The van der Waals surface area contributed by atoms with E-state index in [0.717, 1.165) is 43.2 Å². The van der Waals surface area contributed by atoms with E-state index in [9.17, 15) is 4.79 Å². The van der Waals surface area contributed by atoms with Gasteiger partial charge in [-0.1, -0.05) is 18.2 Å². The van der Waals surface area contributed by atoms with Gasteiger partial charge in [0.2, 0.25) is 5.91 Å². The Hall–Kier alpha value is -2.60. The Labute approximate surface area is 148 Å². The van der Waals surface area contributed by atoms with Crippen LogP contribution in [0.5, 0.6) is 5.75 Å². The minimum Gasteiger partial charge on any atom is -0.495 e. The second kappa shape index (κ2) is 8.48. The van der Waals surface area contributed by atoms with Crippen molar-refractivity contribution in [2.45, 2.75) is 6.54 Å². The van der Waals surface area contributed by atoms with Crippen LogP contribution in [0.4, 0.5) is 5.69 Å². The van der Waals surface area contributed by atoms with E-state index in [0.29, 0.717) is 13.1 Å². The molecule has 1 amide bonds. The van der Waals surface area contributed by atoms with Gasteiger partial charge >= 0.3 is 0 Å². The SMILES string of the molecule is COc1ccccc1N1CCN(CC(=O)NCc2cccnc2)CC1. The van der Waals surface area contributed by atoms with Crippen LogP contribution in [0.2, 0.25) is 0 Å². The topological polar surface area (TPSA) is 57.7 Å². The van der Waals surface area contributed by atoms with Crippen LogP contribution in [-0.4, -0.2) is 55.6 Å². The lowest BCUT2D eigenvalue weighted by Crippen LogP contribution is -2.49. The maximum Gasteiger partial charge on any atom is 0.234 e. The predicted octanol–water partition coefficient (Wildman–Crippen LogP) is 1.53. The lowest BCUT2D eigenvalue weighted by atomic mass is 10.2. The molecule has 0 spiro atoms. The van der Waals surface area contributed by atoms with Crippen LogP contribution < -0.4 is 15.0 Å². The highest BCUT2D eigenvalue weighted by Gasteiger charge is 2.20. The number of nitrogens with zero attached hydrogens (tertiary/aromatic N) is 3. The van der Waals surface area contributed by atoms with E-state index in [4.69, 9.17) is 4.74 Å². The molecule has 0 unspecified atom stereocenters. The van der Waals surface area contributed by atoms with Crippen molar-refractivity contribution in [2.75, 3.05) is 44.7 Å². The molecule has 25 heavy (non-hydrogen) atoms. The third-order valence-corrected chi connectivity index (χ3v) is 4.38. The number of amides is 1. The molecular formula is C19H24N4O2. The first kappa shape index (κ1) is 17.2. The van der Waals surface area contributed by atoms with Crippen LogP contribution in [0.25, 0.3) is 0 Å². The van der Waals surface area contributed by atoms with Gasteiger partial charge in [-0.25, -0.2) is 0 Å². The number of aromatic nitrogens is 1. The number of anilines is 1. The van der Waals surface area contributed by atoms with E-state index < -0.39 is 0 Å². The van der Waals surface area contributed by atoms with Crippen molar-refractivity contribution in [3.8, 4) is 5.75 Å². The second-order valence-electron chi connectivity index (χ2n) is 6.07. The highest BCUT2D eigenvalue weighted by Crippen LogP contribution is 2.28. The Morgan fingerprint density at radius 1 is 1.16 bits per heavy atom. The van der Waals surface area contributed by atoms with Crippen LogP contribution in [0.15, 0.2) is 48.8 Å². The fraction of sp³-hybridized carbons (Fsp3) is 0.368. The molecule has 0 saturated carbocycles. The summed E-state index contributed by atoms with van der Waals surface area (Å²) in [5.41, 5.74) is 2.13. The molecule has 3 rings (SSSR count). The summed E-state index contributed by atoms with van der Waals surface area (Å²) >= 11 is 0. The molecule has 0 atom stereocenters. The highest BCUT2D eigenvalue weighted by molar-refractivity contribution is 5.78. The van der Waals surface area contributed by atoms with Crippen molar-refractivity contribution in [1.29, 1.82) is 0 Å². The van der Waals surface area contributed by atoms with Gasteiger partial charge in [0.05, 0.1) is 19.3 Å². The summed E-state index contributed by atoms with van der Waals surface area (Å²) in [5.74, 6) is 0.944. The molecule has 6 nitrogen and oxygen atoms in total. The number of rotatable bonds is 6. The first-order chi connectivity index (χ1) is 12.3. The lowest BCUT2D eigenvalue weighted by Gasteiger charge is -2.36. The van der Waals surface area contributed by atoms with Gasteiger partial charge in [0.1, 0.15) is 5.75 Å². The van der Waals surface area contributed by atoms with Crippen LogP contribution >= 0.6 is 0 Å². The van der Waals surface area contributed by atoms with Gasteiger partial charge < -0.3 is 15.0 Å². The molecular weight excluding hydrogens is 316 g/mol. The third kappa shape index (κ3) is 4.70. The van der Waals surface area contributed by atoms with E-state index in [2.05, 4.69) is 26.2 Å². The zero-order valence-electron chi connectivity index (χ0n) is 14.5. The average Bonchev–Trinajstić information content (AvgIpc) is 2.68. The van der Waals surface area contributed by atoms with Crippen molar-refractivity contribution >= 4 is 11.6 Å².